The Bertz CT molecular complexity index is 750. The van der Waals surface area contributed by atoms with Crippen LogP contribution in [0.2, 0.25) is 5.02 Å². The number of morpholine rings is 1. The molecule has 5 nitrogen and oxygen atoms in total. The second-order valence-corrected chi connectivity index (χ2v) is 7.51. The van der Waals surface area contributed by atoms with Crippen LogP contribution in [0.4, 0.5) is 5.69 Å². The Morgan fingerprint density at radius 1 is 1.14 bits per heavy atom. The second-order valence-electron chi connectivity index (χ2n) is 7.10. The first-order chi connectivity index (χ1) is 13.6. The number of anilines is 1. The molecule has 1 aliphatic rings. The summed E-state index contributed by atoms with van der Waals surface area (Å²) in [5.74, 6) is 0.0598. The lowest BCUT2D eigenvalue weighted by Gasteiger charge is -2.35. The van der Waals surface area contributed by atoms with Gasteiger partial charge in [0.25, 0.3) is 0 Å². The lowest BCUT2D eigenvalue weighted by atomic mass is 10.1. The normalized spacial score (nSPS) is 15.8. The number of hydrogen-bond acceptors (Lipinski definition) is 4. The largest absolute Gasteiger partial charge is 0.379 e. The molecule has 6 heteroatoms. The van der Waals surface area contributed by atoms with E-state index in [4.69, 9.17) is 16.3 Å². The van der Waals surface area contributed by atoms with Gasteiger partial charge in [-0.05, 0) is 24.6 Å². The van der Waals surface area contributed by atoms with Gasteiger partial charge in [0.05, 0.1) is 30.5 Å². The summed E-state index contributed by atoms with van der Waals surface area (Å²) in [7, 11) is 0. The standard InChI is InChI=1S/C22H28ClN3O2/c1-18(16-25-11-13-28-14-12-25)26(17-19-7-3-2-4-8-19)22(27)15-24-21-10-6-5-9-20(21)23/h2-10,18,24H,11-17H2,1H3. The fourth-order valence-electron chi connectivity index (χ4n) is 3.40. The predicted octanol–water partition coefficient (Wildman–Crippen LogP) is 3.50. The summed E-state index contributed by atoms with van der Waals surface area (Å²) in [4.78, 5) is 17.4. The molecule has 0 spiro atoms. The highest BCUT2D eigenvalue weighted by molar-refractivity contribution is 6.33. The lowest BCUT2D eigenvalue weighted by molar-refractivity contribution is -0.132. The van der Waals surface area contributed by atoms with Crippen LogP contribution in [0.25, 0.3) is 0 Å². The van der Waals surface area contributed by atoms with E-state index >= 15 is 0 Å². The number of halogens is 1. The van der Waals surface area contributed by atoms with Crippen molar-refractivity contribution in [3.63, 3.8) is 0 Å². The van der Waals surface area contributed by atoms with Gasteiger partial charge in [-0.3, -0.25) is 9.69 Å². The molecule has 0 bridgehead atoms. The topological polar surface area (TPSA) is 44.8 Å². The fraction of sp³-hybridized carbons (Fsp3) is 0.409. The summed E-state index contributed by atoms with van der Waals surface area (Å²) in [5.41, 5.74) is 1.90. The van der Waals surface area contributed by atoms with Gasteiger partial charge in [-0.2, -0.15) is 0 Å². The quantitative estimate of drug-likeness (QED) is 0.735. The first-order valence-corrected chi connectivity index (χ1v) is 10.1. The molecule has 150 valence electrons. The first-order valence-electron chi connectivity index (χ1n) is 9.75. The van der Waals surface area contributed by atoms with Crippen LogP contribution < -0.4 is 5.32 Å². The van der Waals surface area contributed by atoms with Gasteiger partial charge in [-0.15, -0.1) is 0 Å². The predicted molar refractivity (Wildman–Crippen MR) is 114 cm³/mol. The SMILES string of the molecule is CC(CN1CCOCC1)N(Cc1ccccc1)C(=O)CNc1ccccc1Cl. The molecule has 3 rings (SSSR count). The molecule has 0 aromatic heterocycles. The third kappa shape index (κ3) is 5.96. The van der Waals surface area contributed by atoms with Gasteiger partial charge in [0, 0.05) is 32.2 Å². The van der Waals surface area contributed by atoms with Crippen molar-refractivity contribution in [2.75, 3.05) is 44.7 Å². The number of amides is 1. The van der Waals surface area contributed by atoms with Crippen LogP contribution in [0, 0.1) is 0 Å². The molecule has 1 fully saturated rings. The van der Waals surface area contributed by atoms with Crippen molar-refractivity contribution in [1.29, 1.82) is 0 Å². The Labute approximate surface area is 172 Å². The number of ether oxygens (including phenoxy) is 1. The maximum absolute atomic E-state index is 13.1. The van der Waals surface area contributed by atoms with Gasteiger partial charge in [0.15, 0.2) is 0 Å². The highest BCUT2D eigenvalue weighted by atomic mass is 35.5. The van der Waals surface area contributed by atoms with Crippen molar-refractivity contribution in [1.82, 2.24) is 9.80 Å². The van der Waals surface area contributed by atoms with Gasteiger partial charge in [0.1, 0.15) is 0 Å². The Morgan fingerprint density at radius 3 is 2.54 bits per heavy atom. The number of benzene rings is 2. The molecule has 28 heavy (non-hydrogen) atoms. The average molecular weight is 402 g/mol. The molecule has 1 amide bonds. The number of rotatable bonds is 8. The maximum atomic E-state index is 13.1. The fourth-order valence-corrected chi connectivity index (χ4v) is 3.61. The summed E-state index contributed by atoms with van der Waals surface area (Å²) < 4.78 is 5.44. The lowest BCUT2D eigenvalue weighted by Crippen LogP contribution is -2.49. The van der Waals surface area contributed by atoms with Crippen molar-refractivity contribution >= 4 is 23.2 Å². The molecule has 2 aromatic rings. The van der Waals surface area contributed by atoms with Crippen LogP contribution >= 0.6 is 11.6 Å². The van der Waals surface area contributed by atoms with Crippen molar-refractivity contribution in [2.24, 2.45) is 0 Å². The zero-order chi connectivity index (χ0) is 19.8. The van der Waals surface area contributed by atoms with Crippen molar-refractivity contribution in [3.05, 3.63) is 65.2 Å². The summed E-state index contributed by atoms with van der Waals surface area (Å²) >= 11 is 6.20. The van der Waals surface area contributed by atoms with E-state index in [1.54, 1.807) is 0 Å². The van der Waals surface area contributed by atoms with E-state index in [9.17, 15) is 4.79 Å². The summed E-state index contributed by atoms with van der Waals surface area (Å²) in [5, 5.41) is 3.80. The van der Waals surface area contributed by atoms with E-state index in [1.165, 1.54) is 0 Å². The van der Waals surface area contributed by atoms with E-state index in [1.807, 2.05) is 47.4 Å². The summed E-state index contributed by atoms with van der Waals surface area (Å²) in [6, 6.07) is 17.7. The summed E-state index contributed by atoms with van der Waals surface area (Å²) in [6.07, 6.45) is 0. The monoisotopic (exact) mass is 401 g/mol. The minimum atomic E-state index is 0.0598. The third-order valence-electron chi connectivity index (χ3n) is 4.98. The molecule has 1 aliphatic heterocycles. The smallest absolute Gasteiger partial charge is 0.242 e. The van der Waals surface area contributed by atoms with Gasteiger partial charge in [0.2, 0.25) is 5.91 Å². The average Bonchev–Trinajstić information content (AvgIpc) is 2.72. The minimum absolute atomic E-state index is 0.0598. The molecule has 0 radical (unpaired) electrons. The zero-order valence-corrected chi connectivity index (χ0v) is 17.1. The van der Waals surface area contributed by atoms with Gasteiger partial charge in [-0.1, -0.05) is 54.1 Å². The van der Waals surface area contributed by atoms with Gasteiger partial charge in [-0.25, -0.2) is 0 Å². The van der Waals surface area contributed by atoms with E-state index in [-0.39, 0.29) is 18.5 Å². The van der Waals surface area contributed by atoms with Crippen LogP contribution in [-0.4, -0.2) is 61.1 Å². The number of nitrogens with zero attached hydrogens (tertiary/aromatic N) is 2. The maximum Gasteiger partial charge on any atom is 0.242 e. The van der Waals surface area contributed by atoms with Crippen LogP contribution in [-0.2, 0) is 16.1 Å². The van der Waals surface area contributed by atoms with Gasteiger partial charge < -0.3 is 15.0 Å². The number of carbonyl (C=O) groups is 1. The van der Waals surface area contributed by atoms with Crippen LogP contribution in [0.1, 0.15) is 12.5 Å². The molecule has 1 saturated heterocycles. The Hall–Kier alpha value is -2.08. The van der Waals surface area contributed by atoms with Crippen LogP contribution in [0.15, 0.2) is 54.6 Å². The number of hydrogen-bond donors (Lipinski definition) is 1. The molecule has 2 aromatic carbocycles. The number of carbonyl (C=O) groups excluding carboxylic acids is 1. The van der Waals surface area contributed by atoms with E-state index in [0.717, 1.165) is 44.1 Å². The Balaban J connectivity index is 1.67. The molecule has 1 heterocycles. The highest BCUT2D eigenvalue weighted by Gasteiger charge is 2.23. The van der Waals surface area contributed by atoms with Gasteiger partial charge >= 0.3 is 0 Å². The minimum Gasteiger partial charge on any atom is -0.379 e. The second kappa shape index (κ2) is 10.5. The van der Waals surface area contributed by atoms with Crippen LogP contribution in [0.5, 0.6) is 0 Å². The van der Waals surface area contributed by atoms with Crippen molar-refractivity contribution < 1.29 is 9.53 Å². The molecular formula is C22H28ClN3O2. The summed E-state index contributed by atoms with van der Waals surface area (Å²) in [6.45, 7) is 7.10. The van der Waals surface area contributed by atoms with E-state index in [2.05, 4.69) is 29.3 Å². The Morgan fingerprint density at radius 2 is 1.82 bits per heavy atom. The van der Waals surface area contributed by atoms with E-state index in [0.29, 0.717) is 11.6 Å². The zero-order valence-electron chi connectivity index (χ0n) is 16.3. The molecular weight excluding hydrogens is 374 g/mol. The van der Waals surface area contributed by atoms with Crippen molar-refractivity contribution in [3.8, 4) is 0 Å². The molecule has 1 N–H and O–H groups in total. The van der Waals surface area contributed by atoms with E-state index < -0.39 is 0 Å². The first kappa shape index (κ1) is 20.6. The third-order valence-corrected chi connectivity index (χ3v) is 5.31. The molecule has 0 aliphatic carbocycles. The molecule has 1 atom stereocenters. The molecule has 0 saturated carbocycles. The van der Waals surface area contributed by atoms with Crippen LogP contribution in [0.3, 0.4) is 0 Å². The highest BCUT2D eigenvalue weighted by Crippen LogP contribution is 2.20. The Kier molecular flexibility index (Phi) is 7.71. The molecule has 1 unspecified atom stereocenters. The van der Waals surface area contributed by atoms with Crippen molar-refractivity contribution in [2.45, 2.75) is 19.5 Å². The number of para-hydroxylation sites is 1. The number of nitrogens with one attached hydrogen (secondary N) is 1.